The molecule has 2 amide bonds. The van der Waals surface area contributed by atoms with E-state index >= 15 is 0 Å². The molecule has 35 heavy (non-hydrogen) atoms. The largest absolute Gasteiger partial charge is 0.513 e. The average molecular weight is 477 g/mol. The van der Waals surface area contributed by atoms with Crippen molar-refractivity contribution >= 4 is 23.7 Å². The van der Waals surface area contributed by atoms with E-state index < -0.39 is 6.16 Å². The molecule has 3 aromatic rings. The van der Waals surface area contributed by atoms with Crippen molar-refractivity contribution in [2.45, 2.75) is 26.8 Å². The number of aryl methyl sites for hydroxylation is 1. The number of benzene rings is 3. The molecule has 0 spiro atoms. The molecule has 8 nitrogen and oxygen atoms in total. The van der Waals surface area contributed by atoms with Gasteiger partial charge in [0.2, 0.25) is 0 Å². The lowest BCUT2D eigenvalue weighted by Crippen LogP contribution is -2.28. The van der Waals surface area contributed by atoms with Crippen molar-refractivity contribution in [3.8, 4) is 11.5 Å². The lowest BCUT2D eigenvalue weighted by Gasteiger charge is -2.11. The maximum atomic E-state index is 12.6. The minimum absolute atomic E-state index is 0.0800. The van der Waals surface area contributed by atoms with Crippen LogP contribution in [0.3, 0.4) is 0 Å². The van der Waals surface area contributed by atoms with Crippen LogP contribution in [0.2, 0.25) is 0 Å². The van der Waals surface area contributed by atoms with Gasteiger partial charge in [0, 0.05) is 17.8 Å². The Bertz CT molecular complexity index is 1160. The number of para-hydroxylation sites is 1. The zero-order valence-corrected chi connectivity index (χ0v) is 19.7. The molecular weight excluding hydrogens is 448 g/mol. The molecule has 0 aliphatic heterocycles. The Morgan fingerprint density at radius 1 is 0.886 bits per heavy atom. The van der Waals surface area contributed by atoms with Crippen LogP contribution in [0.25, 0.3) is 0 Å². The molecule has 0 aliphatic carbocycles. The number of carbonyl (C=O) groups is 3. The number of hydrogen-bond donors (Lipinski definition) is 2. The van der Waals surface area contributed by atoms with E-state index in [2.05, 4.69) is 10.6 Å². The molecule has 3 rings (SSSR count). The summed E-state index contributed by atoms with van der Waals surface area (Å²) in [7, 11) is 0. The van der Waals surface area contributed by atoms with Gasteiger partial charge in [0.05, 0.1) is 6.61 Å². The van der Waals surface area contributed by atoms with Crippen molar-refractivity contribution in [2.75, 3.05) is 18.5 Å². The summed E-state index contributed by atoms with van der Waals surface area (Å²) in [5.41, 5.74) is 2.85. The van der Waals surface area contributed by atoms with Crippen molar-refractivity contribution < 1.29 is 28.6 Å². The first-order valence-corrected chi connectivity index (χ1v) is 11.3. The maximum absolute atomic E-state index is 12.6. The smallest absolute Gasteiger partial charge is 0.483 e. The second-order valence-electron chi connectivity index (χ2n) is 7.49. The van der Waals surface area contributed by atoms with Gasteiger partial charge in [0.15, 0.2) is 6.61 Å². The SMILES string of the molecule is CCOC(=O)Oc1ccc(C(=O)Nc2cccc(CNC(=O)COc3ccccc3CC)c2)cc1. The molecule has 0 saturated heterocycles. The van der Waals surface area contributed by atoms with Crippen LogP contribution >= 0.6 is 0 Å². The number of amides is 2. The standard InChI is InChI=1S/C27H28N2O6/c1-3-20-9-5-6-11-24(20)34-18-25(30)28-17-19-8-7-10-22(16-19)29-26(31)21-12-14-23(15-13-21)35-27(32)33-4-2/h5-16H,3-4,17-18H2,1-2H3,(H,28,30)(H,29,31). The third-order valence-electron chi connectivity index (χ3n) is 4.97. The fourth-order valence-electron chi connectivity index (χ4n) is 3.21. The van der Waals surface area contributed by atoms with Crippen molar-refractivity contribution in [3.63, 3.8) is 0 Å². The Hall–Kier alpha value is -4.33. The van der Waals surface area contributed by atoms with Crippen molar-refractivity contribution in [2.24, 2.45) is 0 Å². The van der Waals surface area contributed by atoms with Crippen LogP contribution in [0.15, 0.2) is 72.8 Å². The molecule has 2 N–H and O–H groups in total. The number of anilines is 1. The lowest BCUT2D eigenvalue weighted by atomic mass is 10.1. The van der Waals surface area contributed by atoms with Gasteiger partial charge in [0.1, 0.15) is 11.5 Å². The van der Waals surface area contributed by atoms with Crippen LogP contribution in [0.1, 0.15) is 35.3 Å². The zero-order chi connectivity index (χ0) is 25.0. The van der Waals surface area contributed by atoms with E-state index in [1.165, 1.54) is 12.1 Å². The van der Waals surface area contributed by atoms with Crippen LogP contribution in [0.4, 0.5) is 10.5 Å². The van der Waals surface area contributed by atoms with Crippen molar-refractivity contribution in [3.05, 3.63) is 89.5 Å². The molecule has 3 aromatic carbocycles. The predicted molar refractivity (Wildman–Crippen MR) is 132 cm³/mol. The molecule has 182 valence electrons. The van der Waals surface area contributed by atoms with Gasteiger partial charge >= 0.3 is 6.16 Å². The summed E-state index contributed by atoms with van der Waals surface area (Å²) in [6, 6.07) is 20.9. The molecule has 0 fully saturated rings. The normalized spacial score (nSPS) is 10.2. The van der Waals surface area contributed by atoms with Crippen LogP contribution in [-0.4, -0.2) is 31.2 Å². The first-order chi connectivity index (χ1) is 17.0. The molecular formula is C27H28N2O6. The van der Waals surface area contributed by atoms with Crippen LogP contribution in [0.5, 0.6) is 11.5 Å². The summed E-state index contributed by atoms with van der Waals surface area (Å²) in [6.07, 6.45) is 0.0212. The van der Waals surface area contributed by atoms with Gasteiger partial charge in [-0.3, -0.25) is 9.59 Å². The van der Waals surface area contributed by atoms with Gasteiger partial charge < -0.3 is 24.8 Å². The minimum atomic E-state index is -0.800. The third kappa shape index (κ3) is 7.89. The summed E-state index contributed by atoms with van der Waals surface area (Å²) in [5, 5.41) is 5.64. The number of nitrogens with one attached hydrogen (secondary N) is 2. The maximum Gasteiger partial charge on any atom is 0.513 e. The molecule has 0 aliphatic rings. The lowest BCUT2D eigenvalue weighted by molar-refractivity contribution is -0.123. The molecule has 0 heterocycles. The minimum Gasteiger partial charge on any atom is -0.483 e. The van der Waals surface area contributed by atoms with E-state index in [1.807, 2.05) is 37.3 Å². The fourth-order valence-corrected chi connectivity index (χ4v) is 3.21. The molecule has 0 atom stereocenters. The summed E-state index contributed by atoms with van der Waals surface area (Å²) >= 11 is 0. The molecule has 0 saturated carbocycles. The number of carbonyl (C=O) groups excluding carboxylic acids is 3. The van der Waals surface area contributed by atoms with Gasteiger partial charge in [0.25, 0.3) is 11.8 Å². The molecule has 0 aromatic heterocycles. The van der Waals surface area contributed by atoms with Gasteiger partial charge in [-0.2, -0.15) is 0 Å². The molecule has 0 radical (unpaired) electrons. The third-order valence-corrected chi connectivity index (χ3v) is 4.97. The van der Waals surface area contributed by atoms with Crippen LogP contribution in [-0.2, 0) is 22.5 Å². The zero-order valence-electron chi connectivity index (χ0n) is 19.7. The Morgan fingerprint density at radius 3 is 2.40 bits per heavy atom. The highest BCUT2D eigenvalue weighted by Crippen LogP contribution is 2.18. The average Bonchev–Trinajstić information content (AvgIpc) is 2.87. The van der Waals surface area contributed by atoms with Gasteiger partial charge in [-0.05, 0) is 66.9 Å². The number of ether oxygens (including phenoxy) is 3. The Morgan fingerprint density at radius 2 is 1.66 bits per heavy atom. The summed E-state index contributed by atoms with van der Waals surface area (Å²) in [4.78, 5) is 36.2. The van der Waals surface area contributed by atoms with Gasteiger partial charge in [-0.15, -0.1) is 0 Å². The Labute approximate surface area is 204 Å². The molecule has 0 bridgehead atoms. The Kier molecular flexibility index (Phi) is 9.24. The van der Waals surface area contributed by atoms with E-state index in [0.29, 0.717) is 23.5 Å². The summed E-state index contributed by atoms with van der Waals surface area (Å²) in [5.74, 6) is 0.419. The second kappa shape index (κ2) is 12.8. The summed E-state index contributed by atoms with van der Waals surface area (Å²) < 4.78 is 15.3. The number of rotatable bonds is 10. The van der Waals surface area contributed by atoms with Gasteiger partial charge in [-0.25, -0.2) is 4.79 Å². The van der Waals surface area contributed by atoms with E-state index in [-0.39, 0.29) is 30.8 Å². The summed E-state index contributed by atoms with van der Waals surface area (Å²) in [6.45, 7) is 4.14. The second-order valence-corrected chi connectivity index (χ2v) is 7.49. The van der Waals surface area contributed by atoms with E-state index in [4.69, 9.17) is 14.2 Å². The molecule has 0 unspecified atom stereocenters. The number of hydrogen-bond acceptors (Lipinski definition) is 6. The quantitative estimate of drug-likeness (QED) is 0.324. The fraction of sp³-hybridized carbons (Fsp3) is 0.222. The molecule has 8 heteroatoms. The first kappa shape index (κ1) is 25.3. The first-order valence-electron chi connectivity index (χ1n) is 11.3. The van der Waals surface area contributed by atoms with Crippen molar-refractivity contribution in [1.82, 2.24) is 5.32 Å². The van der Waals surface area contributed by atoms with E-state index in [1.54, 1.807) is 37.3 Å². The highest BCUT2D eigenvalue weighted by atomic mass is 16.7. The van der Waals surface area contributed by atoms with Gasteiger partial charge in [-0.1, -0.05) is 37.3 Å². The topological polar surface area (TPSA) is 103 Å². The monoisotopic (exact) mass is 476 g/mol. The van der Waals surface area contributed by atoms with E-state index in [0.717, 1.165) is 17.5 Å². The highest BCUT2D eigenvalue weighted by Gasteiger charge is 2.10. The van der Waals surface area contributed by atoms with Crippen LogP contribution < -0.4 is 20.1 Å². The van der Waals surface area contributed by atoms with Crippen LogP contribution in [0, 0.1) is 0 Å². The highest BCUT2D eigenvalue weighted by molar-refractivity contribution is 6.04. The predicted octanol–water partition coefficient (Wildman–Crippen LogP) is 4.73. The Balaban J connectivity index is 1.50. The van der Waals surface area contributed by atoms with E-state index in [9.17, 15) is 14.4 Å². The van der Waals surface area contributed by atoms with Crippen molar-refractivity contribution in [1.29, 1.82) is 0 Å².